The summed E-state index contributed by atoms with van der Waals surface area (Å²) in [5.41, 5.74) is 6.77. The average molecular weight is 288 g/mol. The van der Waals surface area contributed by atoms with Crippen molar-refractivity contribution >= 4 is 24.2 Å². The average Bonchev–Trinajstić information content (AvgIpc) is 2.10. The highest BCUT2D eigenvalue weighted by Gasteiger charge is 2.19. The van der Waals surface area contributed by atoms with Gasteiger partial charge in [-0.25, -0.2) is 0 Å². The van der Waals surface area contributed by atoms with E-state index in [1.54, 1.807) is 0 Å². The number of hydrogen-bond acceptors (Lipinski definition) is 2. The number of nitrogens with two attached hydrogens (primary N) is 1. The van der Waals surface area contributed by atoms with Gasteiger partial charge in [-0.3, -0.25) is 0 Å². The lowest BCUT2D eigenvalue weighted by Gasteiger charge is -2.22. The van der Waals surface area contributed by atoms with E-state index in [9.17, 15) is 0 Å². The van der Waals surface area contributed by atoms with Crippen LogP contribution in [0.4, 0.5) is 0 Å². The molecule has 0 spiro atoms. The largest absolute Gasteiger partial charge is 0.543 e. The van der Waals surface area contributed by atoms with Gasteiger partial charge in [-0.15, -0.1) is 0 Å². The molecular weight excluding hydrogens is 270 g/mol. The molecule has 0 aliphatic heterocycles. The lowest BCUT2D eigenvalue weighted by molar-refractivity contribution is 0.545. The van der Waals surface area contributed by atoms with Gasteiger partial charge < -0.3 is 10.2 Å². The highest BCUT2D eigenvalue weighted by atomic mass is 79.9. The predicted octanol–water partition coefficient (Wildman–Crippen LogP) is 3.16. The lowest BCUT2D eigenvalue weighted by Crippen LogP contribution is -2.30. The number of para-hydroxylation sites is 1. The van der Waals surface area contributed by atoms with Crippen LogP contribution in [0.25, 0.3) is 0 Å². The van der Waals surface area contributed by atoms with E-state index in [4.69, 9.17) is 10.2 Å². The van der Waals surface area contributed by atoms with Gasteiger partial charge in [0, 0.05) is 0 Å². The summed E-state index contributed by atoms with van der Waals surface area (Å²) in [6.45, 7) is 7.19. The highest BCUT2D eigenvalue weighted by molar-refractivity contribution is 9.10. The van der Waals surface area contributed by atoms with E-state index in [1.807, 2.05) is 12.1 Å². The number of hydrogen-bond donors (Lipinski definition) is 1. The van der Waals surface area contributed by atoms with Gasteiger partial charge in [0.2, 0.25) is 8.32 Å². The molecule has 0 unspecified atom stereocenters. The minimum atomic E-state index is -1.56. The van der Waals surface area contributed by atoms with Crippen molar-refractivity contribution in [1.29, 1.82) is 0 Å². The summed E-state index contributed by atoms with van der Waals surface area (Å²) in [5.74, 6) is 0.974. The molecule has 0 saturated heterocycles. The maximum Gasteiger partial charge on any atom is 0.242 e. The number of halogens is 1. The molecule has 0 aliphatic carbocycles. The Morgan fingerprint density at radius 1 is 1.33 bits per heavy atom. The normalized spacial score (nSPS) is 11.5. The summed E-state index contributed by atoms with van der Waals surface area (Å²) in [4.78, 5) is 0. The molecule has 1 aromatic carbocycles. The van der Waals surface area contributed by atoms with Gasteiger partial charge in [0.1, 0.15) is 5.75 Å². The first-order valence-electron chi connectivity index (χ1n) is 5.10. The van der Waals surface area contributed by atoms with Crippen LogP contribution < -0.4 is 10.2 Å². The molecule has 1 aromatic rings. The molecule has 4 heteroatoms. The van der Waals surface area contributed by atoms with E-state index in [-0.39, 0.29) is 0 Å². The van der Waals surface area contributed by atoms with Crippen LogP contribution in [0, 0.1) is 0 Å². The molecule has 0 radical (unpaired) electrons. The Hall–Kier alpha value is -0.323. The Morgan fingerprint density at radius 3 is 2.53 bits per heavy atom. The Morgan fingerprint density at radius 2 is 2.00 bits per heavy atom. The zero-order valence-electron chi connectivity index (χ0n) is 9.51. The second-order valence-electron chi connectivity index (χ2n) is 4.48. The summed E-state index contributed by atoms with van der Waals surface area (Å²) in [5, 5.41) is 0. The first kappa shape index (κ1) is 12.7. The van der Waals surface area contributed by atoms with Crippen molar-refractivity contribution in [3.05, 3.63) is 28.2 Å². The van der Waals surface area contributed by atoms with Gasteiger partial charge in [-0.05, 0) is 60.2 Å². The molecular formula is C11H18BrNOSi. The molecule has 0 saturated carbocycles. The molecule has 1 rings (SSSR count). The third-order valence-corrected chi connectivity index (χ3v) is 3.31. The molecule has 84 valence electrons. The highest BCUT2D eigenvalue weighted by Crippen LogP contribution is 2.31. The Labute approximate surface area is 101 Å². The van der Waals surface area contributed by atoms with Crippen molar-refractivity contribution in [3.63, 3.8) is 0 Å². The first-order chi connectivity index (χ1) is 6.94. The molecule has 0 amide bonds. The molecule has 0 aliphatic rings. The summed E-state index contributed by atoms with van der Waals surface area (Å²) < 4.78 is 7.08. The van der Waals surface area contributed by atoms with E-state index < -0.39 is 8.32 Å². The van der Waals surface area contributed by atoms with Crippen LogP contribution in [-0.2, 0) is 6.42 Å². The van der Waals surface area contributed by atoms with Crippen molar-refractivity contribution in [2.45, 2.75) is 26.1 Å². The molecule has 0 fully saturated rings. The van der Waals surface area contributed by atoms with Crippen LogP contribution >= 0.6 is 15.9 Å². The SMILES string of the molecule is C[Si](C)(C)Oc1c(Br)cccc1CCN. The van der Waals surface area contributed by atoms with E-state index in [0.29, 0.717) is 6.54 Å². The zero-order valence-corrected chi connectivity index (χ0v) is 12.1. The lowest BCUT2D eigenvalue weighted by atomic mass is 10.1. The molecule has 2 nitrogen and oxygen atoms in total. The van der Waals surface area contributed by atoms with Gasteiger partial charge in [-0.1, -0.05) is 12.1 Å². The molecule has 15 heavy (non-hydrogen) atoms. The van der Waals surface area contributed by atoms with Crippen LogP contribution in [0.5, 0.6) is 5.75 Å². The van der Waals surface area contributed by atoms with Gasteiger partial charge in [0.05, 0.1) is 4.47 Å². The topological polar surface area (TPSA) is 35.2 Å². The standard InChI is InChI=1S/C11H18BrNOSi/c1-15(2,3)14-11-9(7-8-13)5-4-6-10(11)12/h4-6H,7-8,13H2,1-3H3. The van der Waals surface area contributed by atoms with E-state index >= 15 is 0 Å². The van der Waals surface area contributed by atoms with Crippen LogP contribution in [0.15, 0.2) is 22.7 Å². The zero-order chi connectivity index (χ0) is 11.5. The van der Waals surface area contributed by atoms with E-state index in [1.165, 1.54) is 5.56 Å². The monoisotopic (exact) mass is 287 g/mol. The molecule has 0 heterocycles. The Bertz CT molecular complexity index is 336. The smallest absolute Gasteiger partial charge is 0.242 e. The van der Waals surface area contributed by atoms with Gasteiger partial charge in [0.15, 0.2) is 0 Å². The number of rotatable bonds is 4. The summed E-state index contributed by atoms with van der Waals surface area (Å²) >= 11 is 3.53. The fourth-order valence-electron chi connectivity index (χ4n) is 1.33. The predicted molar refractivity (Wildman–Crippen MR) is 70.9 cm³/mol. The molecule has 2 N–H and O–H groups in total. The Balaban J connectivity index is 3.02. The quantitative estimate of drug-likeness (QED) is 0.864. The maximum atomic E-state index is 6.05. The van der Waals surface area contributed by atoms with Crippen LogP contribution in [0.3, 0.4) is 0 Å². The minimum Gasteiger partial charge on any atom is -0.543 e. The maximum absolute atomic E-state index is 6.05. The van der Waals surface area contributed by atoms with Crippen molar-refractivity contribution in [3.8, 4) is 5.75 Å². The second-order valence-corrected chi connectivity index (χ2v) is 9.76. The Kier molecular flexibility index (Phi) is 4.37. The van der Waals surface area contributed by atoms with E-state index in [2.05, 4.69) is 41.6 Å². The first-order valence-corrected chi connectivity index (χ1v) is 9.30. The fourth-order valence-corrected chi connectivity index (χ4v) is 2.82. The summed E-state index contributed by atoms with van der Waals surface area (Å²) in [6.07, 6.45) is 0.860. The molecule has 0 aromatic heterocycles. The van der Waals surface area contributed by atoms with Crippen molar-refractivity contribution in [2.24, 2.45) is 5.73 Å². The van der Waals surface area contributed by atoms with Crippen LogP contribution in [-0.4, -0.2) is 14.9 Å². The molecule has 0 atom stereocenters. The van der Waals surface area contributed by atoms with Gasteiger partial charge in [0.25, 0.3) is 0 Å². The van der Waals surface area contributed by atoms with Crippen LogP contribution in [0.2, 0.25) is 19.6 Å². The van der Waals surface area contributed by atoms with Crippen LogP contribution in [0.1, 0.15) is 5.56 Å². The second kappa shape index (κ2) is 5.14. The van der Waals surface area contributed by atoms with E-state index in [0.717, 1.165) is 16.6 Å². The third-order valence-electron chi connectivity index (χ3n) is 1.87. The molecule has 0 bridgehead atoms. The van der Waals surface area contributed by atoms with Crippen molar-refractivity contribution < 1.29 is 4.43 Å². The van der Waals surface area contributed by atoms with Crippen molar-refractivity contribution in [2.75, 3.05) is 6.54 Å². The van der Waals surface area contributed by atoms with Gasteiger partial charge in [-0.2, -0.15) is 0 Å². The van der Waals surface area contributed by atoms with Crippen molar-refractivity contribution in [1.82, 2.24) is 0 Å². The summed E-state index contributed by atoms with van der Waals surface area (Å²) in [6, 6.07) is 6.11. The number of benzene rings is 1. The fraction of sp³-hybridized carbons (Fsp3) is 0.455. The minimum absolute atomic E-state index is 0.651. The third kappa shape index (κ3) is 3.97. The summed E-state index contributed by atoms with van der Waals surface area (Å²) in [7, 11) is -1.56. The van der Waals surface area contributed by atoms with Gasteiger partial charge >= 0.3 is 0 Å².